The van der Waals surface area contributed by atoms with Gasteiger partial charge < -0.3 is 5.32 Å². The van der Waals surface area contributed by atoms with Gasteiger partial charge in [0.25, 0.3) is 0 Å². The van der Waals surface area contributed by atoms with Gasteiger partial charge in [0.2, 0.25) is 0 Å². The standard InChI is InChI=1S/C14H10F2N2/c15-12-5-6-13(16)14(7-12)18-9-11-4-2-1-3-10(11)8-17/h1-7,18H,9H2. The molecule has 90 valence electrons. The molecule has 0 heterocycles. The molecular formula is C14H10F2N2. The minimum Gasteiger partial charge on any atom is -0.378 e. The second kappa shape index (κ2) is 5.28. The fourth-order valence-corrected chi connectivity index (χ4v) is 1.61. The van der Waals surface area contributed by atoms with E-state index < -0.39 is 11.6 Å². The second-order valence-corrected chi connectivity index (χ2v) is 3.75. The third kappa shape index (κ3) is 2.64. The van der Waals surface area contributed by atoms with Crippen molar-refractivity contribution in [3.8, 4) is 6.07 Å². The van der Waals surface area contributed by atoms with Crippen molar-refractivity contribution in [1.29, 1.82) is 5.26 Å². The zero-order valence-electron chi connectivity index (χ0n) is 9.45. The maximum atomic E-state index is 13.4. The van der Waals surface area contributed by atoms with Gasteiger partial charge in [-0.15, -0.1) is 0 Å². The molecule has 2 aromatic carbocycles. The minimum atomic E-state index is -0.522. The van der Waals surface area contributed by atoms with Gasteiger partial charge in [0.15, 0.2) is 0 Å². The molecule has 0 unspecified atom stereocenters. The molecule has 0 aliphatic rings. The molecular weight excluding hydrogens is 234 g/mol. The molecule has 0 saturated carbocycles. The van der Waals surface area contributed by atoms with Crippen molar-refractivity contribution >= 4 is 5.69 Å². The average molecular weight is 244 g/mol. The maximum Gasteiger partial charge on any atom is 0.146 e. The lowest BCUT2D eigenvalue weighted by Gasteiger charge is -2.08. The number of hydrogen-bond donors (Lipinski definition) is 1. The number of halogens is 2. The van der Waals surface area contributed by atoms with Crippen LogP contribution in [0.4, 0.5) is 14.5 Å². The zero-order chi connectivity index (χ0) is 13.0. The first kappa shape index (κ1) is 12.1. The number of nitrogens with one attached hydrogen (secondary N) is 1. The van der Waals surface area contributed by atoms with E-state index >= 15 is 0 Å². The molecule has 0 radical (unpaired) electrons. The lowest BCUT2D eigenvalue weighted by molar-refractivity contribution is 0.602. The van der Waals surface area contributed by atoms with Crippen molar-refractivity contribution in [2.75, 3.05) is 5.32 Å². The highest BCUT2D eigenvalue weighted by Crippen LogP contribution is 2.17. The molecule has 4 heteroatoms. The number of anilines is 1. The Morgan fingerprint density at radius 1 is 1.11 bits per heavy atom. The van der Waals surface area contributed by atoms with E-state index in [2.05, 4.69) is 11.4 Å². The smallest absolute Gasteiger partial charge is 0.146 e. The van der Waals surface area contributed by atoms with Gasteiger partial charge in [-0.05, 0) is 29.8 Å². The number of rotatable bonds is 3. The van der Waals surface area contributed by atoms with Crippen LogP contribution in [0.25, 0.3) is 0 Å². The molecule has 0 bridgehead atoms. The van der Waals surface area contributed by atoms with E-state index in [4.69, 9.17) is 5.26 Å². The summed E-state index contributed by atoms with van der Waals surface area (Å²) >= 11 is 0. The SMILES string of the molecule is N#Cc1ccccc1CNc1cc(F)ccc1F. The molecule has 2 rings (SSSR count). The Morgan fingerprint density at radius 3 is 2.67 bits per heavy atom. The second-order valence-electron chi connectivity index (χ2n) is 3.75. The average Bonchev–Trinajstić information content (AvgIpc) is 2.40. The quantitative estimate of drug-likeness (QED) is 0.897. The van der Waals surface area contributed by atoms with Gasteiger partial charge in [-0.2, -0.15) is 5.26 Å². The summed E-state index contributed by atoms with van der Waals surface area (Å²) in [6, 6.07) is 12.3. The van der Waals surface area contributed by atoms with Crippen LogP contribution in [0.15, 0.2) is 42.5 Å². The Bertz CT molecular complexity index is 603. The van der Waals surface area contributed by atoms with Gasteiger partial charge in [-0.1, -0.05) is 18.2 Å². The molecule has 0 aliphatic heterocycles. The van der Waals surface area contributed by atoms with Crippen LogP contribution in [-0.2, 0) is 6.54 Å². The van der Waals surface area contributed by atoms with Gasteiger partial charge in [-0.25, -0.2) is 8.78 Å². The highest BCUT2D eigenvalue weighted by atomic mass is 19.1. The van der Waals surface area contributed by atoms with Crippen LogP contribution in [-0.4, -0.2) is 0 Å². The normalized spacial score (nSPS) is 9.83. The summed E-state index contributed by atoms with van der Waals surface area (Å²) in [6.45, 7) is 0.268. The molecule has 0 fully saturated rings. The topological polar surface area (TPSA) is 35.8 Å². The van der Waals surface area contributed by atoms with Crippen LogP contribution in [0, 0.1) is 23.0 Å². The third-order valence-electron chi connectivity index (χ3n) is 2.54. The van der Waals surface area contributed by atoms with Crippen LogP contribution in [0.2, 0.25) is 0 Å². The highest BCUT2D eigenvalue weighted by molar-refractivity contribution is 5.47. The van der Waals surface area contributed by atoms with Gasteiger partial charge in [0, 0.05) is 6.54 Å². The van der Waals surface area contributed by atoms with Gasteiger partial charge >= 0.3 is 0 Å². The van der Waals surface area contributed by atoms with E-state index in [1.807, 2.05) is 0 Å². The third-order valence-corrected chi connectivity index (χ3v) is 2.54. The molecule has 0 aliphatic carbocycles. The first-order chi connectivity index (χ1) is 8.70. The van der Waals surface area contributed by atoms with Crippen LogP contribution >= 0.6 is 0 Å². The van der Waals surface area contributed by atoms with Crippen LogP contribution in [0.3, 0.4) is 0 Å². The summed E-state index contributed by atoms with van der Waals surface area (Å²) in [4.78, 5) is 0. The predicted molar refractivity (Wildman–Crippen MR) is 64.8 cm³/mol. The van der Waals surface area contributed by atoms with E-state index in [1.54, 1.807) is 24.3 Å². The fraction of sp³-hybridized carbons (Fsp3) is 0.0714. The number of hydrogen-bond acceptors (Lipinski definition) is 2. The van der Waals surface area contributed by atoms with Gasteiger partial charge in [-0.3, -0.25) is 0 Å². The lowest BCUT2D eigenvalue weighted by atomic mass is 10.1. The van der Waals surface area contributed by atoms with Gasteiger partial charge in [0.05, 0.1) is 17.3 Å². The fourth-order valence-electron chi connectivity index (χ4n) is 1.61. The van der Waals surface area contributed by atoms with E-state index in [1.165, 1.54) is 0 Å². The van der Waals surface area contributed by atoms with Crippen molar-refractivity contribution < 1.29 is 8.78 Å². The molecule has 0 saturated heterocycles. The summed E-state index contributed by atoms with van der Waals surface area (Å²) in [5, 5.41) is 11.7. The lowest BCUT2D eigenvalue weighted by Crippen LogP contribution is -2.03. The maximum absolute atomic E-state index is 13.4. The zero-order valence-corrected chi connectivity index (χ0v) is 9.45. The summed E-state index contributed by atoms with van der Waals surface area (Å²) in [6.07, 6.45) is 0. The van der Waals surface area contributed by atoms with Crippen LogP contribution in [0.1, 0.15) is 11.1 Å². The number of nitrogens with zero attached hydrogens (tertiary/aromatic N) is 1. The van der Waals surface area contributed by atoms with Crippen molar-refractivity contribution in [1.82, 2.24) is 0 Å². The van der Waals surface area contributed by atoms with E-state index in [9.17, 15) is 8.78 Å². The molecule has 18 heavy (non-hydrogen) atoms. The molecule has 0 atom stereocenters. The van der Waals surface area contributed by atoms with E-state index in [0.717, 1.165) is 23.8 Å². The molecule has 0 amide bonds. The van der Waals surface area contributed by atoms with E-state index in [-0.39, 0.29) is 12.2 Å². The largest absolute Gasteiger partial charge is 0.378 e. The molecule has 0 spiro atoms. The monoisotopic (exact) mass is 244 g/mol. The summed E-state index contributed by atoms with van der Waals surface area (Å²) < 4.78 is 26.3. The highest BCUT2D eigenvalue weighted by Gasteiger charge is 2.05. The first-order valence-electron chi connectivity index (χ1n) is 5.37. The van der Waals surface area contributed by atoms with Crippen molar-refractivity contribution in [2.45, 2.75) is 6.54 Å². The van der Waals surface area contributed by atoms with Crippen LogP contribution in [0.5, 0.6) is 0 Å². The molecule has 1 N–H and O–H groups in total. The summed E-state index contributed by atoms with van der Waals surface area (Å²) in [5.41, 5.74) is 1.34. The summed E-state index contributed by atoms with van der Waals surface area (Å²) in [5.74, 6) is -1.03. The Labute approximate surface area is 103 Å². The van der Waals surface area contributed by atoms with Gasteiger partial charge in [0.1, 0.15) is 11.6 Å². The Kier molecular flexibility index (Phi) is 3.54. The Balaban J connectivity index is 2.17. The Hall–Kier alpha value is -2.41. The van der Waals surface area contributed by atoms with Crippen molar-refractivity contribution in [3.05, 3.63) is 65.2 Å². The first-order valence-corrected chi connectivity index (χ1v) is 5.37. The number of benzene rings is 2. The number of nitriles is 1. The molecule has 2 aromatic rings. The molecule has 2 nitrogen and oxygen atoms in total. The van der Waals surface area contributed by atoms with Crippen molar-refractivity contribution in [2.24, 2.45) is 0 Å². The minimum absolute atomic E-state index is 0.0859. The predicted octanol–water partition coefficient (Wildman–Crippen LogP) is 3.45. The van der Waals surface area contributed by atoms with E-state index in [0.29, 0.717) is 5.56 Å². The van der Waals surface area contributed by atoms with Crippen LogP contribution < -0.4 is 5.32 Å². The Morgan fingerprint density at radius 2 is 1.89 bits per heavy atom. The van der Waals surface area contributed by atoms with Crippen molar-refractivity contribution in [3.63, 3.8) is 0 Å². The molecule has 0 aromatic heterocycles. The summed E-state index contributed by atoms with van der Waals surface area (Å²) in [7, 11) is 0.